The molecular formula is C7H10BrN3O2S2. The highest BCUT2D eigenvalue weighted by molar-refractivity contribution is 9.11. The fraction of sp³-hybridized carbons (Fsp3) is 0.571. The number of hydrogen-bond acceptors (Lipinski definition) is 4. The Bertz CT molecular complexity index is 459. The van der Waals surface area contributed by atoms with E-state index in [1.807, 2.05) is 0 Å². The van der Waals surface area contributed by atoms with E-state index in [-0.39, 0.29) is 6.04 Å². The maximum atomic E-state index is 11.6. The van der Waals surface area contributed by atoms with Crippen LogP contribution in [0.2, 0.25) is 0 Å². The van der Waals surface area contributed by atoms with Gasteiger partial charge in [0.2, 0.25) is 0 Å². The summed E-state index contributed by atoms with van der Waals surface area (Å²) >= 11 is 4.76. The van der Waals surface area contributed by atoms with E-state index >= 15 is 0 Å². The summed E-state index contributed by atoms with van der Waals surface area (Å²) in [5, 5.41) is 0.804. The van der Waals surface area contributed by atoms with Gasteiger partial charge in [0.05, 0.1) is 16.0 Å². The fourth-order valence-electron chi connectivity index (χ4n) is 1.36. The number of aromatic nitrogens is 1. The summed E-state index contributed by atoms with van der Waals surface area (Å²) in [6, 6.07) is -0.192. The molecular weight excluding hydrogens is 302 g/mol. The normalized spacial score (nSPS) is 26.7. The lowest BCUT2D eigenvalue weighted by Crippen LogP contribution is -2.46. The van der Waals surface area contributed by atoms with E-state index in [2.05, 4.69) is 25.6 Å². The van der Waals surface area contributed by atoms with Crippen LogP contribution in [0.1, 0.15) is 17.5 Å². The maximum absolute atomic E-state index is 11.6. The molecule has 1 N–H and O–H groups in total. The zero-order chi connectivity index (χ0) is 11.1. The van der Waals surface area contributed by atoms with Gasteiger partial charge in [-0.1, -0.05) is 0 Å². The van der Waals surface area contributed by atoms with E-state index in [4.69, 9.17) is 0 Å². The summed E-state index contributed by atoms with van der Waals surface area (Å²) in [5.41, 5.74) is 0. The number of nitrogens with zero attached hydrogens (tertiary/aromatic N) is 2. The number of hydrogen-bond donors (Lipinski definition) is 1. The molecule has 1 saturated heterocycles. The monoisotopic (exact) mass is 311 g/mol. The van der Waals surface area contributed by atoms with Crippen molar-refractivity contribution in [2.75, 3.05) is 13.6 Å². The minimum Gasteiger partial charge on any atom is -0.247 e. The molecule has 1 atom stereocenters. The van der Waals surface area contributed by atoms with Crippen molar-refractivity contribution in [1.29, 1.82) is 0 Å². The van der Waals surface area contributed by atoms with Crippen molar-refractivity contribution in [2.24, 2.45) is 0 Å². The maximum Gasteiger partial charge on any atom is 0.279 e. The van der Waals surface area contributed by atoms with Crippen LogP contribution in [0.4, 0.5) is 0 Å². The third-order valence-corrected chi connectivity index (χ3v) is 5.40. The first-order chi connectivity index (χ1) is 6.99. The number of rotatable bonds is 1. The molecule has 0 aromatic carbocycles. The largest absolute Gasteiger partial charge is 0.279 e. The molecule has 0 spiro atoms. The summed E-state index contributed by atoms with van der Waals surface area (Å²) < 4.78 is 27.9. The van der Waals surface area contributed by atoms with Gasteiger partial charge in [0, 0.05) is 13.6 Å². The van der Waals surface area contributed by atoms with Crippen LogP contribution in [0.5, 0.6) is 0 Å². The van der Waals surface area contributed by atoms with Crippen LogP contribution in [0.3, 0.4) is 0 Å². The van der Waals surface area contributed by atoms with Crippen LogP contribution >= 0.6 is 27.3 Å². The molecule has 2 rings (SSSR count). The number of halogens is 1. The molecule has 0 bridgehead atoms. The molecule has 1 aromatic rings. The van der Waals surface area contributed by atoms with Gasteiger partial charge in [0.25, 0.3) is 10.2 Å². The Morgan fingerprint density at radius 1 is 1.73 bits per heavy atom. The fourth-order valence-corrected chi connectivity index (χ4v) is 3.88. The predicted octanol–water partition coefficient (Wildman–Crippen LogP) is 1.12. The average Bonchev–Trinajstić information content (AvgIpc) is 2.57. The van der Waals surface area contributed by atoms with Crippen molar-refractivity contribution in [2.45, 2.75) is 12.5 Å². The molecule has 1 aliphatic rings. The Kier molecular flexibility index (Phi) is 3.13. The Morgan fingerprint density at radius 3 is 3.00 bits per heavy atom. The zero-order valence-electron chi connectivity index (χ0n) is 7.97. The molecule has 0 unspecified atom stereocenters. The van der Waals surface area contributed by atoms with Gasteiger partial charge in [-0.05, 0) is 22.4 Å². The summed E-state index contributed by atoms with van der Waals surface area (Å²) in [6.45, 7) is 0.525. The topological polar surface area (TPSA) is 62.3 Å². The van der Waals surface area contributed by atoms with Crippen LogP contribution in [-0.2, 0) is 10.2 Å². The first-order valence-electron chi connectivity index (χ1n) is 4.34. The lowest BCUT2D eigenvalue weighted by Gasteiger charge is -2.28. The van der Waals surface area contributed by atoms with E-state index < -0.39 is 10.2 Å². The molecule has 1 aliphatic heterocycles. The Labute approximate surface area is 101 Å². The summed E-state index contributed by atoms with van der Waals surface area (Å²) in [7, 11) is -1.75. The molecule has 5 nitrogen and oxygen atoms in total. The van der Waals surface area contributed by atoms with E-state index in [1.54, 1.807) is 13.2 Å². The first-order valence-corrected chi connectivity index (χ1v) is 7.39. The van der Waals surface area contributed by atoms with Gasteiger partial charge in [-0.3, -0.25) is 0 Å². The quantitative estimate of drug-likeness (QED) is 0.845. The van der Waals surface area contributed by atoms with Crippen LogP contribution in [0.25, 0.3) is 0 Å². The Hall–Kier alpha value is -0.0200. The molecule has 0 amide bonds. The van der Waals surface area contributed by atoms with E-state index in [1.165, 1.54) is 15.6 Å². The van der Waals surface area contributed by atoms with Crippen LogP contribution in [0, 0.1) is 0 Å². The standard InChI is InChI=1S/C7H10BrN3O2S2/c1-11-3-2-5(10-15(11,12)13)7-9-4-6(8)14-7/h4-5,10H,2-3H2,1H3/t5-/m0/s1. The van der Waals surface area contributed by atoms with Crippen molar-refractivity contribution >= 4 is 37.5 Å². The third-order valence-electron chi connectivity index (χ3n) is 2.23. The average molecular weight is 312 g/mol. The Balaban J connectivity index is 2.20. The van der Waals surface area contributed by atoms with Crippen molar-refractivity contribution in [1.82, 2.24) is 14.0 Å². The second-order valence-electron chi connectivity index (χ2n) is 3.29. The summed E-state index contributed by atoms with van der Waals surface area (Å²) in [4.78, 5) is 4.16. The summed E-state index contributed by atoms with van der Waals surface area (Å²) in [5.74, 6) is 0. The van der Waals surface area contributed by atoms with Gasteiger partial charge in [0.15, 0.2) is 0 Å². The van der Waals surface area contributed by atoms with E-state index in [0.717, 1.165) is 15.2 Å². The van der Waals surface area contributed by atoms with Gasteiger partial charge < -0.3 is 0 Å². The van der Waals surface area contributed by atoms with Gasteiger partial charge in [0.1, 0.15) is 5.01 Å². The van der Waals surface area contributed by atoms with Gasteiger partial charge in [-0.25, -0.2) is 4.98 Å². The lowest BCUT2D eigenvalue weighted by atomic mass is 10.2. The van der Waals surface area contributed by atoms with Gasteiger partial charge in [-0.2, -0.15) is 17.4 Å². The summed E-state index contributed by atoms with van der Waals surface area (Å²) in [6.07, 6.45) is 2.43. The molecule has 0 aliphatic carbocycles. The molecule has 1 aromatic heterocycles. The van der Waals surface area contributed by atoms with Crippen molar-refractivity contribution < 1.29 is 8.42 Å². The van der Waals surface area contributed by atoms with Crippen LogP contribution in [-0.4, -0.2) is 31.3 Å². The molecule has 0 radical (unpaired) electrons. The molecule has 84 valence electrons. The van der Waals surface area contributed by atoms with E-state index in [9.17, 15) is 8.42 Å². The Morgan fingerprint density at radius 2 is 2.47 bits per heavy atom. The lowest BCUT2D eigenvalue weighted by molar-refractivity contribution is 0.381. The molecule has 0 saturated carbocycles. The highest BCUT2D eigenvalue weighted by atomic mass is 79.9. The van der Waals surface area contributed by atoms with Crippen LogP contribution in [0.15, 0.2) is 9.98 Å². The minimum absolute atomic E-state index is 0.192. The highest BCUT2D eigenvalue weighted by Gasteiger charge is 2.30. The van der Waals surface area contributed by atoms with E-state index in [0.29, 0.717) is 6.54 Å². The first kappa shape index (κ1) is 11.5. The molecule has 1 fully saturated rings. The number of thiazole rings is 1. The van der Waals surface area contributed by atoms with Crippen molar-refractivity contribution in [3.05, 3.63) is 15.0 Å². The number of nitrogens with one attached hydrogen (secondary N) is 1. The smallest absolute Gasteiger partial charge is 0.247 e. The zero-order valence-corrected chi connectivity index (χ0v) is 11.2. The second-order valence-corrected chi connectivity index (χ2v) is 7.54. The van der Waals surface area contributed by atoms with Gasteiger partial charge in [-0.15, -0.1) is 11.3 Å². The third kappa shape index (κ3) is 2.39. The van der Waals surface area contributed by atoms with Crippen LogP contribution < -0.4 is 4.72 Å². The molecule has 15 heavy (non-hydrogen) atoms. The highest BCUT2D eigenvalue weighted by Crippen LogP contribution is 2.29. The minimum atomic E-state index is -3.31. The van der Waals surface area contributed by atoms with Crippen molar-refractivity contribution in [3.8, 4) is 0 Å². The predicted molar refractivity (Wildman–Crippen MR) is 61.9 cm³/mol. The SMILES string of the molecule is CN1CC[C@@H](c2ncc(Br)s2)NS1(=O)=O. The van der Waals surface area contributed by atoms with Crippen molar-refractivity contribution in [3.63, 3.8) is 0 Å². The molecule has 2 heterocycles. The second kappa shape index (κ2) is 4.10. The molecule has 8 heteroatoms. The van der Waals surface area contributed by atoms with Gasteiger partial charge >= 0.3 is 0 Å².